The number of anilines is 1. The summed E-state index contributed by atoms with van der Waals surface area (Å²) in [4.78, 5) is 23.7. The van der Waals surface area contributed by atoms with Gasteiger partial charge in [0.05, 0.1) is 16.2 Å². The minimum Gasteiger partial charge on any atom is -0.493 e. The third-order valence-electron chi connectivity index (χ3n) is 4.59. The van der Waals surface area contributed by atoms with Crippen LogP contribution in [-0.2, 0) is 11.4 Å². The van der Waals surface area contributed by atoms with Crippen LogP contribution in [0.25, 0.3) is 6.08 Å². The van der Waals surface area contributed by atoms with Gasteiger partial charge < -0.3 is 19.9 Å². The Bertz CT molecular complexity index is 1300. The van der Waals surface area contributed by atoms with Gasteiger partial charge in [0.2, 0.25) is 0 Å². The van der Waals surface area contributed by atoms with Crippen molar-refractivity contribution in [2.24, 2.45) is 0 Å². The second-order valence-electron chi connectivity index (χ2n) is 6.96. The molecule has 3 rings (SSSR count). The maximum absolute atomic E-state index is 12.6. The van der Waals surface area contributed by atoms with Gasteiger partial charge in [0.1, 0.15) is 18.2 Å². The highest BCUT2D eigenvalue weighted by Crippen LogP contribution is 2.35. The molecule has 7 nitrogen and oxygen atoms in total. The quantitative estimate of drug-likeness (QED) is 0.182. The van der Waals surface area contributed by atoms with Gasteiger partial charge in [-0.2, -0.15) is 5.26 Å². The number of nitrogens with one attached hydrogen (secondary N) is 1. The van der Waals surface area contributed by atoms with Crippen LogP contribution in [-0.4, -0.2) is 24.1 Å². The lowest BCUT2D eigenvalue weighted by atomic mass is 10.1. The van der Waals surface area contributed by atoms with Gasteiger partial charge in [-0.25, -0.2) is 4.79 Å². The summed E-state index contributed by atoms with van der Waals surface area (Å²) < 4.78 is 13.2. The molecule has 0 aliphatic heterocycles. The number of benzene rings is 3. The topological polar surface area (TPSA) is 109 Å². The first kappa shape index (κ1) is 25.3. The molecule has 0 radical (unpaired) electrons. The summed E-state index contributed by atoms with van der Waals surface area (Å²) in [5.41, 5.74) is 1.71. The Labute approximate surface area is 218 Å². The molecule has 3 aromatic carbocycles. The zero-order chi connectivity index (χ0) is 24.7. The standard InChI is InChI=1S/C25H18BrIN2O5/c1-33-22-11-16(10-21(27)23(22)34-14-15-5-7-19(26)8-6-15)9-18(13-28)24(30)29-20-4-2-3-17(12-20)25(31)32/h2-12H,14H2,1H3,(H,29,30)(H,31,32)/b18-9-. The monoisotopic (exact) mass is 632 g/mol. The van der Waals surface area contributed by atoms with E-state index in [2.05, 4.69) is 43.8 Å². The van der Waals surface area contributed by atoms with Crippen LogP contribution in [0.4, 0.5) is 5.69 Å². The number of carbonyl (C=O) groups is 2. The zero-order valence-electron chi connectivity index (χ0n) is 17.8. The summed E-state index contributed by atoms with van der Waals surface area (Å²) >= 11 is 5.51. The van der Waals surface area contributed by atoms with Crippen LogP contribution < -0.4 is 14.8 Å². The van der Waals surface area contributed by atoms with Gasteiger partial charge >= 0.3 is 5.97 Å². The van der Waals surface area contributed by atoms with Crippen molar-refractivity contribution in [3.63, 3.8) is 0 Å². The average Bonchev–Trinajstić information content (AvgIpc) is 2.82. The van der Waals surface area contributed by atoms with E-state index in [-0.39, 0.29) is 16.8 Å². The van der Waals surface area contributed by atoms with Crippen LogP contribution in [0.5, 0.6) is 11.5 Å². The van der Waals surface area contributed by atoms with Gasteiger partial charge in [0.15, 0.2) is 11.5 Å². The summed E-state index contributed by atoms with van der Waals surface area (Å²) in [6.07, 6.45) is 1.43. The number of hydrogen-bond acceptors (Lipinski definition) is 5. The summed E-state index contributed by atoms with van der Waals surface area (Å²) in [6.45, 7) is 0.343. The van der Waals surface area contributed by atoms with E-state index in [9.17, 15) is 14.9 Å². The van der Waals surface area contributed by atoms with E-state index in [0.29, 0.717) is 23.7 Å². The van der Waals surface area contributed by atoms with Crippen LogP contribution in [0, 0.1) is 14.9 Å². The number of aromatic carboxylic acids is 1. The smallest absolute Gasteiger partial charge is 0.335 e. The van der Waals surface area contributed by atoms with Crippen molar-refractivity contribution in [3.8, 4) is 17.6 Å². The first-order valence-corrected chi connectivity index (χ1v) is 11.7. The summed E-state index contributed by atoms with van der Waals surface area (Å²) in [5.74, 6) is -0.760. The number of nitriles is 1. The number of carboxylic acids is 1. The molecule has 0 heterocycles. The van der Waals surface area contributed by atoms with Gasteiger partial charge in [-0.1, -0.05) is 34.1 Å². The highest BCUT2D eigenvalue weighted by molar-refractivity contribution is 14.1. The van der Waals surface area contributed by atoms with E-state index in [1.165, 1.54) is 31.4 Å². The zero-order valence-corrected chi connectivity index (χ0v) is 21.6. The Morgan fingerprint density at radius 3 is 2.56 bits per heavy atom. The fraction of sp³-hybridized carbons (Fsp3) is 0.0800. The van der Waals surface area contributed by atoms with E-state index in [1.807, 2.05) is 30.3 Å². The normalized spacial score (nSPS) is 10.8. The predicted octanol–water partition coefficient (Wildman–Crippen LogP) is 5.89. The van der Waals surface area contributed by atoms with Crippen LogP contribution in [0.1, 0.15) is 21.5 Å². The van der Waals surface area contributed by atoms with E-state index >= 15 is 0 Å². The van der Waals surface area contributed by atoms with E-state index in [0.717, 1.165) is 13.6 Å². The molecular weight excluding hydrogens is 615 g/mol. The van der Waals surface area contributed by atoms with Gasteiger partial charge in [-0.3, -0.25) is 4.79 Å². The fourth-order valence-electron chi connectivity index (χ4n) is 2.94. The summed E-state index contributed by atoms with van der Waals surface area (Å²) in [5, 5.41) is 21.2. The van der Waals surface area contributed by atoms with E-state index in [1.54, 1.807) is 18.2 Å². The van der Waals surface area contributed by atoms with Crippen molar-refractivity contribution < 1.29 is 24.2 Å². The Morgan fingerprint density at radius 1 is 1.18 bits per heavy atom. The number of methoxy groups -OCH3 is 1. The first-order valence-electron chi connectivity index (χ1n) is 9.82. The highest BCUT2D eigenvalue weighted by atomic mass is 127. The predicted molar refractivity (Wildman–Crippen MR) is 140 cm³/mol. The van der Waals surface area contributed by atoms with Crippen molar-refractivity contribution >= 4 is 62.2 Å². The Morgan fingerprint density at radius 2 is 1.91 bits per heavy atom. The summed E-state index contributed by atoms with van der Waals surface area (Å²) in [7, 11) is 1.51. The van der Waals surface area contributed by atoms with Crippen LogP contribution in [0.15, 0.2) is 70.7 Å². The van der Waals surface area contributed by atoms with Crippen LogP contribution in [0.2, 0.25) is 0 Å². The number of carbonyl (C=O) groups excluding carboxylic acids is 1. The molecule has 0 bridgehead atoms. The number of amides is 1. The Kier molecular flexibility index (Phi) is 8.67. The van der Waals surface area contributed by atoms with Crippen LogP contribution >= 0.6 is 38.5 Å². The third kappa shape index (κ3) is 6.59. The van der Waals surface area contributed by atoms with E-state index in [4.69, 9.17) is 14.6 Å². The van der Waals surface area contributed by atoms with Gasteiger partial charge in [-0.15, -0.1) is 0 Å². The van der Waals surface area contributed by atoms with Crippen molar-refractivity contribution in [1.82, 2.24) is 0 Å². The van der Waals surface area contributed by atoms with Gasteiger partial charge in [-0.05, 0) is 82.3 Å². The van der Waals surface area contributed by atoms with Crippen LogP contribution in [0.3, 0.4) is 0 Å². The molecule has 0 aliphatic rings. The maximum Gasteiger partial charge on any atom is 0.335 e. The SMILES string of the molecule is COc1cc(/C=C(/C#N)C(=O)Nc2cccc(C(=O)O)c2)cc(I)c1OCc1ccc(Br)cc1. The number of rotatable bonds is 8. The molecule has 0 aromatic heterocycles. The Hall–Kier alpha value is -3.36. The van der Waals surface area contributed by atoms with Gasteiger partial charge in [0, 0.05) is 10.2 Å². The van der Waals surface area contributed by atoms with Gasteiger partial charge in [0.25, 0.3) is 5.91 Å². The van der Waals surface area contributed by atoms with Crippen molar-refractivity contribution in [2.75, 3.05) is 12.4 Å². The van der Waals surface area contributed by atoms with Crippen molar-refractivity contribution in [2.45, 2.75) is 6.61 Å². The molecule has 0 spiro atoms. The number of hydrogen-bond donors (Lipinski definition) is 2. The van der Waals surface area contributed by atoms with Crippen molar-refractivity contribution in [1.29, 1.82) is 5.26 Å². The molecule has 0 saturated carbocycles. The van der Waals surface area contributed by atoms with E-state index < -0.39 is 11.9 Å². The molecule has 0 fully saturated rings. The molecule has 34 heavy (non-hydrogen) atoms. The second-order valence-corrected chi connectivity index (χ2v) is 9.04. The molecule has 172 valence electrons. The number of ether oxygens (including phenoxy) is 2. The number of nitrogens with zero attached hydrogens (tertiary/aromatic N) is 1. The maximum atomic E-state index is 12.6. The molecule has 0 unspecified atom stereocenters. The molecule has 0 saturated heterocycles. The molecule has 2 N–H and O–H groups in total. The lowest BCUT2D eigenvalue weighted by Gasteiger charge is -2.14. The fourth-order valence-corrected chi connectivity index (χ4v) is 3.99. The minimum atomic E-state index is -1.11. The molecule has 9 heteroatoms. The number of carboxylic acid groups (broad SMARTS) is 1. The number of halogens is 2. The second kappa shape index (κ2) is 11.7. The largest absolute Gasteiger partial charge is 0.493 e. The lowest BCUT2D eigenvalue weighted by Crippen LogP contribution is -2.14. The molecule has 0 aliphatic carbocycles. The molecule has 0 atom stereocenters. The molecule has 3 aromatic rings. The van der Waals surface area contributed by atoms with Crippen molar-refractivity contribution in [3.05, 3.63) is 91.0 Å². The first-order chi connectivity index (χ1) is 16.3. The highest BCUT2D eigenvalue weighted by Gasteiger charge is 2.15. The lowest BCUT2D eigenvalue weighted by molar-refractivity contribution is -0.112. The summed E-state index contributed by atoms with van der Waals surface area (Å²) in [6, 6.07) is 18.9. The Balaban J connectivity index is 1.81. The molecule has 1 amide bonds. The molecular formula is C25H18BrIN2O5. The minimum absolute atomic E-state index is 0.0262. The average molecular weight is 633 g/mol. The third-order valence-corrected chi connectivity index (χ3v) is 5.92.